The Kier molecular flexibility index (Phi) is 4.28. The van der Waals surface area contributed by atoms with Crippen molar-refractivity contribution in [3.8, 4) is 17.0 Å². The van der Waals surface area contributed by atoms with Gasteiger partial charge in [-0.1, -0.05) is 42.5 Å². The van der Waals surface area contributed by atoms with Gasteiger partial charge in [0.15, 0.2) is 0 Å². The zero-order valence-corrected chi connectivity index (χ0v) is 12.3. The van der Waals surface area contributed by atoms with Gasteiger partial charge < -0.3 is 10.5 Å². The van der Waals surface area contributed by atoms with E-state index in [1.807, 2.05) is 47.8 Å². The first kappa shape index (κ1) is 13.8. The highest BCUT2D eigenvalue weighted by atomic mass is 32.1. The molecule has 0 saturated heterocycles. The Balaban J connectivity index is 1.74. The van der Waals surface area contributed by atoms with Crippen LogP contribution in [0, 0.1) is 0 Å². The summed E-state index contributed by atoms with van der Waals surface area (Å²) in [5.41, 5.74) is 8.76. The highest BCUT2D eigenvalue weighted by molar-refractivity contribution is 7.09. The highest BCUT2D eigenvalue weighted by Gasteiger charge is 2.05. The minimum Gasteiger partial charge on any atom is -0.489 e. The fourth-order valence-corrected chi connectivity index (χ4v) is 2.71. The van der Waals surface area contributed by atoms with Crippen LogP contribution >= 0.6 is 11.3 Å². The third-order valence-corrected chi connectivity index (χ3v) is 3.98. The fourth-order valence-electron chi connectivity index (χ4n) is 2.02. The van der Waals surface area contributed by atoms with E-state index in [4.69, 9.17) is 10.5 Å². The molecule has 0 saturated carbocycles. The standard InChI is InChI=1S/C17H16N2OS/c18-10-17-19-16(12-21-17)14-7-4-8-15(9-14)20-11-13-5-2-1-3-6-13/h1-9,12H,10-11,18H2. The number of hydrogen-bond acceptors (Lipinski definition) is 4. The smallest absolute Gasteiger partial charge is 0.120 e. The van der Waals surface area contributed by atoms with Gasteiger partial charge in [0.1, 0.15) is 17.4 Å². The number of nitrogens with zero attached hydrogens (tertiary/aromatic N) is 1. The molecular weight excluding hydrogens is 280 g/mol. The predicted molar refractivity (Wildman–Crippen MR) is 86.2 cm³/mol. The van der Waals surface area contributed by atoms with E-state index in [2.05, 4.69) is 17.1 Å². The molecular formula is C17H16N2OS. The highest BCUT2D eigenvalue weighted by Crippen LogP contribution is 2.25. The zero-order valence-electron chi connectivity index (χ0n) is 11.5. The first-order valence-electron chi connectivity index (χ1n) is 6.77. The lowest BCUT2D eigenvalue weighted by molar-refractivity contribution is 0.306. The third-order valence-electron chi connectivity index (χ3n) is 3.10. The van der Waals surface area contributed by atoms with Crippen molar-refractivity contribution in [1.82, 2.24) is 4.98 Å². The van der Waals surface area contributed by atoms with Crippen LogP contribution in [0.15, 0.2) is 60.0 Å². The van der Waals surface area contributed by atoms with E-state index >= 15 is 0 Å². The van der Waals surface area contributed by atoms with Gasteiger partial charge in [-0.25, -0.2) is 4.98 Å². The Bertz CT molecular complexity index is 710. The van der Waals surface area contributed by atoms with Gasteiger partial charge in [-0.3, -0.25) is 0 Å². The van der Waals surface area contributed by atoms with E-state index in [0.29, 0.717) is 13.2 Å². The molecule has 106 valence electrons. The topological polar surface area (TPSA) is 48.1 Å². The third kappa shape index (κ3) is 3.48. The Morgan fingerprint density at radius 1 is 1.05 bits per heavy atom. The Labute approximate surface area is 128 Å². The molecule has 0 spiro atoms. The lowest BCUT2D eigenvalue weighted by Crippen LogP contribution is -1.96. The monoisotopic (exact) mass is 296 g/mol. The maximum atomic E-state index is 5.84. The van der Waals surface area contributed by atoms with Crippen molar-refractivity contribution in [2.24, 2.45) is 5.73 Å². The van der Waals surface area contributed by atoms with Crippen LogP contribution in [-0.4, -0.2) is 4.98 Å². The van der Waals surface area contributed by atoms with Crippen LogP contribution in [0.4, 0.5) is 0 Å². The van der Waals surface area contributed by atoms with Crippen molar-refractivity contribution in [2.75, 3.05) is 0 Å². The van der Waals surface area contributed by atoms with Crippen LogP contribution in [0.3, 0.4) is 0 Å². The summed E-state index contributed by atoms with van der Waals surface area (Å²) in [4.78, 5) is 4.50. The molecule has 1 heterocycles. The summed E-state index contributed by atoms with van der Waals surface area (Å²) in [7, 11) is 0. The molecule has 0 fully saturated rings. The second-order valence-corrected chi connectivity index (χ2v) is 5.58. The summed E-state index contributed by atoms with van der Waals surface area (Å²) >= 11 is 1.58. The molecule has 0 aliphatic heterocycles. The van der Waals surface area contributed by atoms with Crippen LogP contribution in [-0.2, 0) is 13.2 Å². The van der Waals surface area contributed by atoms with Gasteiger partial charge in [0.25, 0.3) is 0 Å². The number of rotatable bonds is 5. The Morgan fingerprint density at radius 3 is 2.67 bits per heavy atom. The number of ether oxygens (including phenoxy) is 1. The van der Waals surface area contributed by atoms with E-state index in [0.717, 1.165) is 27.6 Å². The molecule has 4 heteroatoms. The van der Waals surface area contributed by atoms with Gasteiger partial charge in [0.05, 0.1) is 5.69 Å². The molecule has 2 aromatic carbocycles. The van der Waals surface area contributed by atoms with E-state index in [-0.39, 0.29) is 0 Å². The maximum absolute atomic E-state index is 5.84. The molecule has 0 unspecified atom stereocenters. The average molecular weight is 296 g/mol. The van der Waals surface area contributed by atoms with Crippen molar-refractivity contribution in [3.63, 3.8) is 0 Å². The first-order valence-corrected chi connectivity index (χ1v) is 7.65. The van der Waals surface area contributed by atoms with Gasteiger partial charge in [-0.2, -0.15) is 0 Å². The number of hydrogen-bond donors (Lipinski definition) is 1. The molecule has 2 N–H and O–H groups in total. The summed E-state index contributed by atoms with van der Waals surface area (Å²) in [6.45, 7) is 1.05. The quantitative estimate of drug-likeness (QED) is 0.778. The molecule has 3 aromatic rings. The van der Waals surface area contributed by atoms with E-state index in [1.54, 1.807) is 11.3 Å². The average Bonchev–Trinajstić information content (AvgIpc) is 3.03. The molecule has 1 aromatic heterocycles. The van der Waals surface area contributed by atoms with Crippen LogP contribution in [0.2, 0.25) is 0 Å². The number of nitrogens with two attached hydrogens (primary N) is 1. The Hall–Kier alpha value is -2.17. The van der Waals surface area contributed by atoms with Crippen molar-refractivity contribution >= 4 is 11.3 Å². The molecule has 0 bridgehead atoms. The SMILES string of the molecule is NCc1nc(-c2cccc(OCc3ccccc3)c2)cs1. The molecule has 0 amide bonds. The van der Waals surface area contributed by atoms with Crippen molar-refractivity contribution in [2.45, 2.75) is 13.2 Å². The first-order chi connectivity index (χ1) is 10.3. The number of aromatic nitrogens is 1. The molecule has 0 radical (unpaired) electrons. The molecule has 3 nitrogen and oxygen atoms in total. The predicted octanol–water partition coefficient (Wildman–Crippen LogP) is 3.85. The second-order valence-electron chi connectivity index (χ2n) is 4.63. The van der Waals surface area contributed by atoms with Gasteiger partial charge in [-0.05, 0) is 17.7 Å². The maximum Gasteiger partial charge on any atom is 0.120 e. The largest absolute Gasteiger partial charge is 0.489 e. The Morgan fingerprint density at radius 2 is 1.90 bits per heavy atom. The van der Waals surface area contributed by atoms with Crippen molar-refractivity contribution in [3.05, 3.63) is 70.5 Å². The fraction of sp³-hybridized carbons (Fsp3) is 0.118. The van der Waals surface area contributed by atoms with Crippen molar-refractivity contribution in [1.29, 1.82) is 0 Å². The van der Waals surface area contributed by atoms with E-state index < -0.39 is 0 Å². The molecule has 3 rings (SSSR count). The van der Waals surface area contributed by atoms with Gasteiger partial charge in [0, 0.05) is 17.5 Å². The minimum atomic E-state index is 0.481. The number of benzene rings is 2. The summed E-state index contributed by atoms with van der Waals surface area (Å²) in [6, 6.07) is 18.1. The van der Waals surface area contributed by atoms with Crippen LogP contribution in [0.1, 0.15) is 10.6 Å². The van der Waals surface area contributed by atoms with E-state index in [1.165, 1.54) is 0 Å². The molecule has 21 heavy (non-hydrogen) atoms. The lowest BCUT2D eigenvalue weighted by Gasteiger charge is -2.07. The summed E-state index contributed by atoms with van der Waals surface area (Å²) in [5.74, 6) is 0.846. The van der Waals surface area contributed by atoms with Crippen LogP contribution in [0.25, 0.3) is 11.3 Å². The summed E-state index contributed by atoms with van der Waals surface area (Å²) in [6.07, 6.45) is 0. The molecule has 0 aliphatic carbocycles. The number of thiazole rings is 1. The minimum absolute atomic E-state index is 0.481. The van der Waals surface area contributed by atoms with Gasteiger partial charge in [-0.15, -0.1) is 11.3 Å². The van der Waals surface area contributed by atoms with Gasteiger partial charge in [0.2, 0.25) is 0 Å². The zero-order chi connectivity index (χ0) is 14.5. The van der Waals surface area contributed by atoms with E-state index in [9.17, 15) is 0 Å². The van der Waals surface area contributed by atoms with Crippen molar-refractivity contribution < 1.29 is 4.74 Å². The van der Waals surface area contributed by atoms with Crippen LogP contribution < -0.4 is 10.5 Å². The molecule has 0 aliphatic rings. The normalized spacial score (nSPS) is 10.5. The van der Waals surface area contributed by atoms with Crippen LogP contribution in [0.5, 0.6) is 5.75 Å². The second kappa shape index (κ2) is 6.52. The van der Waals surface area contributed by atoms with Gasteiger partial charge >= 0.3 is 0 Å². The summed E-state index contributed by atoms with van der Waals surface area (Å²) in [5, 5.41) is 2.97. The summed E-state index contributed by atoms with van der Waals surface area (Å²) < 4.78 is 5.84. The lowest BCUT2D eigenvalue weighted by atomic mass is 10.1. The molecule has 0 atom stereocenters.